The normalized spacial score (nSPS) is 12.4. The highest BCUT2D eigenvalue weighted by molar-refractivity contribution is 6.24. The molecule has 1 aliphatic carbocycles. The highest BCUT2D eigenvalue weighted by Crippen LogP contribution is 2.36. The number of hydrazone groups is 1. The van der Waals surface area contributed by atoms with E-state index in [2.05, 4.69) is 17.2 Å². The lowest BCUT2D eigenvalue weighted by Gasteiger charge is -2.24. The largest absolute Gasteiger partial charge is 0.442 e. The van der Waals surface area contributed by atoms with Gasteiger partial charge in [-0.15, -0.1) is 0 Å². The lowest BCUT2D eigenvalue weighted by molar-refractivity contribution is 0.0265. The number of hydrogen-bond acceptors (Lipinski definition) is 3. The zero-order chi connectivity index (χ0) is 17.3. The third kappa shape index (κ3) is 3.04. The van der Waals surface area contributed by atoms with Crippen LogP contribution in [0.3, 0.4) is 0 Å². The third-order valence-corrected chi connectivity index (χ3v) is 3.78. The number of fused-ring (bicyclic) bond motifs is 3. The van der Waals surface area contributed by atoms with Gasteiger partial charge in [0.25, 0.3) is 0 Å². The number of benzene rings is 2. The molecule has 4 heteroatoms. The first kappa shape index (κ1) is 16.2. The van der Waals surface area contributed by atoms with Crippen molar-refractivity contribution in [1.82, 2.24) is 5.01 Å². The van der Waals surface area contributed by atoms with E-state index >= 15 is 0 Å². The summed E-state index contributed by atoms with van der Waals surface area (Å²) >= 11 is 0. The van der Waals surface area contributed by atoms with Gasteiger partial charge in [-0.2, -0.15) is 10.1 Å². The van der Waals surface area contributed by atoms with E-state index in [9.17, 15) is 4.79 Å². The summed E-state index contributed by atoms with van der Waals surface area (Å²) in [4.78, 5) is 12.4. The van der Waals surface area contributed by atoms with Crippen LogP contribution in [0.2, 0.25) is 0 Å². The predicted molar refractivity (Wildman–Crippen MR) is 96.1 cm³/mol. The van der Waals surface area contributed by atoms with Crippen molar-refractivity contribution in [3.8, 4) is 11.1 Å². The molecule has 0 spiro atoms. The molecule has 0 N–H and O–H groups in total. The van der Waals surface area contributed by atoms with Gasteiger partial charge in [0.1, 0.15) is 5.60 Å². The van der Waals surface area contributed by atoms with Gasteiger partial charge in [0.15, 0.2) is 0 Å². The fourth-order valence-electron chi connectivity index (χ4n) is 2.78. The molecule has 0 aromatic heterocycles. The molecule has 2 aromatic rings. The minimum atomic E-state index is -0.545. The van der Waals surface area contributed by atoms with Crippen LogP contribution in [0, 0.1) is 0 Å². The molecule has 0 unspecified atom stereocenters. The van der Waals surface area contributed by atoms with E-state index in [-0.39, 0.29) is 0 Å². The fourth-order valence-corrected chi connectivity index (χ4v) is 2.78. The Morgan fingerprint density at radius 2 is 1.42 bits per heavy atom. The maximum absolute atomic E-state index is 12.4. The van der Waals surface area contributed by atoms with Crippen molar-refractivity contribution < 1.29 is 9.53 Å². The first-order valence-corrected chi connectivity index (χ1v) is 8.19. The number of ether oxygens (including phenoxy) is 1. The second-order valence-electron chi connectivity index (χ2n) is 6.74. The summed E-state index contributed by atoms with van der Waals surface area (Å²) in [5.74, 6) is 0. The molecule has 1 amide bonds. The zero-order valence-corrected chi connectivity index (χ0v) is 14.5. The molecule has 0 saturated heterocycles. The van der Waals surface area contributed by atoms with E-state index < -0.39 is 11.7 Å². The Labute approximate surface area is 142 Å². The van der Waals surface area contributed by atoms with E-state index in [4.69, 9.17) is 4.74 Å². The van der Waals surface area contributed by atoms with Crippen molar-refractivity contribution in [2.75, 3.05) is 6.54 Å². The number of carbonyl (C=O) groups is 1. The quantitative estimate of drug-likeness (QED) is 0.643. The molecular formula is C20H22N2O2. The van der Waals surface area contributed by atoms with Crippen LogP contribution in [0.1, 0.15) is 38.8 Å². The highest BCUT2D eigenvalue weighted by Gasteiger charge is 2.27. The van der Waals surface area contributed by atoms with Gasteiger partial charge in [0, 0.05) is 17.7 Å². The Morgan fingerprint density at radius 1 is 0.958 bits per heavy atom. The van der Waals surface area contributed by atoms with Gasteiger partial charge < -0.3 is 4.74 Å². The summed E-state index contributed by atoms with van der Waals surface area (Å²) in [7, 11) is 0. The average molecular weight is 322 g/mol. The standard InChI is InChI=1S/C20H22N2O2/c1-5-22(19(23)24-20(2,3)4)21-18-16-12-8-6-10-14(16)15-11-7-9-13-17(15)18/h6-13H,5H2,1-4H3. The van der Waals surface area contributed by atoms with Crippen molar-refractivity contribution in [3.63, 3.8) is 0 Å². The van der Waals surface area contributed by atoms with Crippen molar-refractivity contribution in [3.05, 3.63) is 59.7 Å². The van der Waals surface area contributed by atoms with Gasteiger partial charge in [0.05, 0.1) is 5.71 Å². The summed E-state index contributed by atoms with van der Waals surface area (Å²) in [5, 5.41) is 6.02. The monoisotopic (exact) mass is 322 g/mol. The van der Waals surface area contributed by atoms with Gasteiger partial charge in [-0.25, -0.2) is 4.79 Å². The molecule has 2 aromatic carbocycles. The Balaban J connectivity index is 2.04. The van der Waals surface area contributed by atoms with Gasteiger partial charge in [0.2, 0.25) is 0 Å². The van der Waals surface area contributed by atoms with E-state index in [1.165, 1.54) is 5.01 Å². The van der Waals surface area contributed by atoms with Crippen LogP contribution >= 0.6 is 0 Å². The van der Waals surface area contributed by atoms with Gasteiger partial charge in [-0.1, -0.05) is 48.5 Å². The lowest BCUT2D eigenvalue weighted by Crippen LogP contribution is -2.34. The minimum absolute atomic E-state index is 0.431. The van der Waals surface area contributed by atoms with Crippen molar-refractivity contribution in [2.24, 2.45) is 5.10 Å². The number of carbonyl (C=O) groups excluding carboxylic acids is 1. The smallest absolute Gasteiger partial charge is 0.430 e. The first-order chi connectivity index (χ1) is 11.4. The zero-order valence-electron chi connectivity index (χ0n) is 14.5. The second-order valence-corrected chi connectivity index (χ2v) is 6.74. The molecule has 4 nitrogen and oxygen atoms in total. The topological polar surface area (TPSA) is 41.9 Å². The third-order valence-electron chi connectivity index (χ3n) is 3.78. The Bertz CT molecular complexity index is 756. The van der Waals surface area contributed by atoms with Crippen LogP contribution in [-0.2, 0) is 4.74 Å². The number of hydrogen-bond donors (Lipinski definition) is 0. The molecule has 0 saturated carbocycles. The van der Waals surface area contributed by atoms with Crippen LogP contribution in [0.4, 0.5) is 4.79 Å². The van der Waals surface area contributed by atoms with Crippen molar-refractivity contribution >= 4 is 11.8 Å². The fraction of sp³-hybridized carbons (Fsp3) is 0.300. The van der Waals surface area contributed by atoms with E-state index in [0.29, 0.717) is 6.54 Å². The second kappa shape index (κ2) is 6.11. The molecule has 0 radical (unpaired) electrons. The molecule has 0 aliphatic heterocycles. The maximum atomic E-state index is 12.4. The average Bonchev–Trinajstić information content (AvgIpc) is 2.85. The van der Waals surface area contributed by atoms with Crippen molar-refractivity contribution in [1.29, 1.82) is 0 Å². The maximum Gasteiger partial charge on any atom is 0.430 e. The van der Waals surface area contributed by atoms with Crippen molar-refractivity contribution in [2.45, 2.75) is 33.3 Å². The molecule has 124 valence electrons. The molecule has 0 bridgehead atoms. The highest BCUT2D eigenvalue weighted by atomic mass is 16.6. The molecule has 24 heavy (non-hydrogen) atoms. The Kier molecular flexibility index (Phi) is 4.14. The molecular weight excluding hydrogens is 300 g/mol. The van der Waals surface area contributed by atoms with Crippen LogP contribution < -0.4 is 0 Å². The van der Waals surface area contributed by atoms with Crippen LogP contribution in [0.25, 0.3) is 11.1 Å². The van der Waals surface area contributed by atoms with E-state index in [1.54, 1.807) is 0 Å². The Hall–Kier alpha value is -2.62. The summed E-state index contributed by atoms with van der Waals surface area (Å²) in [6.07, 6.45) is -0.431. The molecule has 0 fully saturated rings. The SMILES string of the molecule is CCN(N=C1c2ccccc2-c2ccccc21)C(=O)OC(C)(C)C. The van der Waals surface area contributed by atoms with Crippen LogP contribution in [-0.4, -0.2) is 29.0 Å². The van der Waals surface area contributed by atoms with Crippen LogP contribution in [0.15, 0.2) is 53.6 Å². The van der Waals surface area contributed by atoms with Crippen LogP contribution in [0.5, 0.6) is 0 Å². The summed E-state index contributed by atoms with van der Waals surface area (Å²) in [6.45, 7) is 7.90. The lowest BCUT2D eigenvalue weighted by atomic mass is 10.1. The number of rotatable bonds is 2. The molecule has 0 heterocycles. The van der Waals surface area contributed by atoms with Gasteiger partial charge in [-0.05, 0) is 38.8 Å². The summed E-state index contributed by atoms with van der Waals surface area (Å²) in [6, 6.07) is 16.3. The first-order valence-electron chi connectivity index (χ1n) is 8.19. The number of nitrogens with zero attached hydrogens (tertiary/aromatic N) is 2. The number of amides is 1. The van der Waals surface area contributed by atoms with E-state index in [1.807, 2.05) is 64.1 Å². The Morgan fingerprint density at radius 3 is 1.83 bits per heavy atom. The minimum Gasteiger partial charge on any atom is -0.442 e. The van der Waals surface area contributed by atoms with Gasteiger partial charge in [-0.3, -0.25) is 0 Å². The molecule has 3 rings (SSSR count). The van der Waals surface area contributed by atoms with Gasteiger partial charge >= 0.3 is 6.09 Å². The molecule has 0 atom stereocenters. The van der Waals surface area contributed by atoms with E-state index in [0.717, 1.165) is 28.0 Å². The summed E-state index contributed by atoms with van der Waals surface area (Å²) < 4.78 is 5.46. The predicted octanol–water partition coefficient (Wildman–Crippen LogP) is 4.68. The molecule has 1 aliphatic rings. The summed E-state index contributed by atoms with van der Waals surface area (Å²) in [5.41, 5.74) is 4.64.